The first-order chi connectivity index (χ1) is 21.9. The fraction of sp³-hybridized carbons (Fsp3) is 0.543. The highest BCUT2D eigenvalue weighted by atomic mass is 19.1. The van der Waals surface area contributed by atoms with Crippen LogP contribution in [0.4, 0.5) is 15.9 Å². The number of nitrogens with zero attached hydrogens (tertiary/aromatic N) is 6. The first-order valence-electron chi connectivity index (χ1n) is 16.4. The van der Waals surface area contributed by atoms with Crippen LogP contribution in [0.25, 0.3) is 0 Å². The highest BCUT2D eigenvalue weighted by Gasteiger charge is 2.50. The summed E-state index contributed by atoms with van der Waals surface area (Å²) in [5.74, 6) is 1.64. The third-order valence-electron chi connectivity index (χ3n) is 11.1. The molecule has 3 saturated heterocycles. The lowest BCUT2D eigenvalue weighted by Gasteiger charge is -2.46. The standard InChI is InChI=1S/C35H40FN7O2/c1-22-8-10-35(31-26(22)6-7-29(38)27(31)16-37)15-30-28(20-45-35)32(42-17-23(18-42)13-25-5-2-3-11-39-25)41-33(40-30)44-21-34-9-4-12-43(34)19-24(36)14-34/h2-3,5-7,11,22-24H,4,8-10,12-15,17-21,38H2,1H3/t22-,24+,34-,35-/m0/s1. The fourth-order valence-corrected chi connectivity index (χ4v) is 8.69. The molecule has 3 fully saturated rings. The van der Waals surface area contributed by atoms with Gasteiger partial charge in [0, 0.05) is 61.2 Å². The summed E-state index contributed by atoms with van der Waals surface area (Å²) in [5.41, 5.74) is 11.4. The number of alkyl halides is 1. The largest absolute Gasteiger partial charge is 0.461 e. The Kier molecular flexibility index (Phi) is 6.95. The summed E-state index contributed by atoms with van der Waals surface area (Å²) in [7, 11) is 0. The van der Waals surface area contributed by atoms with Crippen molar-refractivity contribution >= 4 is 11.5 Å². The second-order valence-electron chi connectivity index (χ2n) is 13.9. The highest BCUT2D eigenvalue weighted by Crippen LogP contribution is 2.51. The molecule has 8 rings (SSSR count). The first-order valence-corrected chi connectivity index (χ1v) is 16.4. The summed E-state index contributed by atoms with van der Waals surface area (Å²) in [6, 6.07) is 12.7. The Morgan fingerprint density at radius 1 is 1.18 bits per heavy atom. The number of nitrogen functional groups attached to an aromatic ring is 1. The lowest BCUT2D eigenvalue weighted by molar-refractivity contribution is -0.0874. The molecular formula is C35H40FN7O2. The van der Waals surface area contributed by atoms with Crippen LogP contribution >= 0.6 is 0 Å². The van der Waals surface area contributed by atoms with Gasteiger partial charge < -0.3 is 20.1 Å². The third kappa shape index (κ3) is 4.83. The van der Waals surface area contributed by atoms with Crippen molar-refractivity contribution in [1.82, 2.24) is 19.9 Å². The minimum atomic E-state index is -0.821. The Hall–Kier alpha value is -3.81. The summed E-state index contributed by atoms with van der Waals surface area (Å²) in [5, 5.41) is 10.2. The summed E-state index contributed by atoms with van der Waals surface area (Å²) in [4.78, 5) is 19.1. The van der Waals surface area contributed by atoms with Crippen LogP contribution in [0, 0.1) is 17.2 Å². The number of rotatable bonds is 6. The van der Waals surface area contributed by atoms with Gasteiger partial charge in [0.05, 0.1) is 23.4 Å². The van der Waals surface area contributed by atoms with Crippen LogP contribution in [0.3, 0.4) is 0 Å². The second kappa shape index (κ2) is 10.9. The van der Waals surface area contributed by atoms with E-state index >= 15 is 0 Å². The number of nitrogens with two attached hydrogens (primary N) is 1. The third-order valence-corrected chi connectivity index (χ3v) is 11.1. The van der Waals surface area contributed by atoms with Crippen LogP contribution in [-0.2, 0) is 29.8 Å². The van der Waals surface area contributed by atoms with E-state index in [1.165, 1.54) is 0 Å². The maximum Gasteiger partial charge on any atom is 0.318 e. The van der Waals surface area contributed by atoms with E-state index in [1.807, 2.05) is 24.4 Å². The van der Waals surface area contributed by atoms with Crippen molar-refractivity contribution in [3.63, 3.8) is 0 Å². The molecule has 5 aliphatic rings. The Morgan fingerprint density at radius 2 is 2.07 bits per heavy atom. The first kappa shape index (κ1) is 28.6. The van der Waals surface area contributed by atoms with Gasteiger partial charge in [-0.25, -0.2) is 4.39 Å². The molecule has 2 aromatic heterocycles. The van der Waals surface area contributed by atoms with E-state index in [1.54, 1.807) is 0 Å². The van der Waals surface area contributed by atoms with Crippen LogP contribution in [0.1, 0.15) is 78.6 Å². The van der Waals surface area contributed by atoms with Crippen LogP contribution in [0.15, 0.2) is 36.5 Å². The number of aromatic nitrogens is 3. The molecule has 1 aromatic carbocycles. The summed E-state index contributed by atoms with van der Waals surface area (Å²) < 4.78 is 27.8. The Bertz CT molecular complexity index is 1660. The number of nitriles is 1. The van der Waals surface area contributed by atoms with Gasteiger partial charge in [-0.3, -0.25) is 9.88 Å². The number of pyridine rings is 1. The monoisotopic (exact) mass is 609 g/mol. The predicted molar refractivity (Wildman–Crippen MR) is 168 cm³/mol. The number of anilines is 2. The van der Waals surface area contributed by atoms with Crippen LogP contribution in [-0.4, -0.2) is 64.3 Å². The molecule has 1 aliphatic carbocycles. The predicted octanol–water partition coefficient (Wildman–Crippen LogP) is 4.83. The number of halogens is 1. The minimum Gasteiger partial charge on any atom is -0.461 e. The molecule has 234 valence electrons. The zero-order valence-electron chi connectivity index (χ0n) is 25.8. The SMILES string of the molecule is C[C@H]1CC[C@]2(Cc3nc(OC[C@@]45CCCN4C[C@H](F)C5)nc(N4CC(Cc5ccccn5)C4)c3CO2)c2c1ccc(N)c2C#N. The Labute approximate surface area is 263 Å². The van der Waals surface area contributed by atoms with Gasteiger partial charge in [-0.1, -0.05) is 19.1 Å². The zero-order chi connectivity index (χ0) is 30.8. The van der Waals surface area contributed by atoms with Gasteiger partial charge >= 0.3 is 6.01 Å². The molecule has 0 bridgehead atoms. The van der Waals surface area contributed by atoms with E-state index in [0.717, 1.165) is 85.6 Å². The van der Waals surface area contributed by atoms with Crippen LogP contribution in [0.2, 0.25) is 0 Å². The lowest BCUT2D eigenvalue weighted by atomic mass is 9.69. The maximum absolute atomic E-state index is 14.5. The molecule has 1 spiro atoms. The van der Waals surface area contributed by atoms with E-state index < -0.39 is 11.8 Å². The van der Waals surface area contributed by atoms with Gasteiger partial charge in [0.25, 0.3) is 0 Å². The summed E-state index contributed by atoms with van der Waals surface area (Å²) in [6.07, 6.45) is 6.67. The van der Waals surface area contributed by atoms with Crippen molar-refractivity contribution in [2.24, 2.45) is 5.92 Å². The van der Waals surface area contributed by atoms with Crippen molar-refractivity contribution in [2.45, 2.75) is 81.7 Å². The smallest absolute Gasteiger partial charge is 0.318 e. The van der Waals surface area contributed by atoms with Crippen LogP contribution < -0.4 is 15.4 Å². The molecule has 4 aliphatic heterocycles. The van der Waals surface area contributed by atoms with E-state index in [2.05, 4.69) is 39.9 Å². The molecule has 4 atom stereocenters. The quantitative estimate of drug-likeness (QED) is 0.393. The molecular weight excluding hydrogens is 569 g/mol. The molecule has 2 N–H and O–H groups in total. The lowest BCUT2D eigenvalue weighted by Crippen LogP contribution is -2.49. The van der Waals surface area contributed by atoms with Crippen molar-refractivity contribution in [2.75, 3.05) is 43.4 Å². The Balaban J connectivity index is 1.13. The normalized spacial score (nSPS) is 29.1. The van der Waals surface area contributed by atoms with Gasteiger partial charge in [-0.15, -0.1) is 0 Å². The Morgan fingerprint density at radius 3 is 2.89 bits per heavy atom. The average Bonchev–Trinajstić information content (AvgIpc) is 3.55. The maximum atomic E-state index is 14.5. The zero-order valence-corrected chi connectivity index (χ0v) is 25.8. The molecule has 9 nitrogen and oxygen atoms in total. The minimum absolute atomic E-state index is 0.286. The molecule has 0 unspecified atom stereocenters. The van der Waals surface area contributed by atoms with Gasteiger partial charge in [-0.2, -0.15) is 15.2 Å². The number of hydrogen-bond acceptors (Lipinski definition) is 9. The van der Waals surface area contributed by atoms with E-state index in [9.17, 15) is 9.65 Å². The molecule has 10 heteroatoms. The summed E-state index contributed by atoms with van der Waals surface area (Å²) in [6.45, 7) is 6.05. The van der Waals surface area contributed by atoms with Gasteiger partial charge in [0.2, 0.25) is 0 Å². The van der Waals surface area contributed by atoms with E-state index in [-0.39, 0.29) is 5.54 Å². The van der Waals surface area contributed by atoms with Crippen LogP contribution in [0.5, 0.6) is 6.01 Å². The van der Waals surface area contributed by atoms with Gasteiger partial charge in [-0.05, 0) is 74.2 Å². The number of benzene rings is 1. The summed E-state index contributed by atoms with van der Waals surface area (Å²) >= 11 is 0. The second-order valence-corrected chi connectivity index (χ2v) is 13.9. The fourth-order valence-electron chi connectivity index (χ4n) is 8.69. The average molecular weight is 610 g/mol. The van der Waals surface area contributed by atoms with E-state index in [0.29, 0.717) is 61.7 Å². The number of hydrogen-bond donors (Lipinski definition) is 1. The van der Waals surface area contributed by atoms with E-state index in [4.69, 9.17) is 25.2 Å². The molecule has 0 amide bonds. The molecule has 45 heavy (non-hydrogen) atoms. The van der Waals surface area contributed by atoms with Crippen molar-refractivity contribution < 1.29 is 13.9 Å². The highest BCUT2D eigenvalue weighted by molar-refractivity contribution is 5.64. The van der Waals surface area contributed by atoms with Gasteiger partial charge in [0.1, 0.15) is 30.3 Å². The number of ether oxygens (including phenoxy) is 2. The molecule has 6 heterocycles. The molecule has 0 saturated carbocycles. The van der Waals surface area contributed by atoms with Gasteiger partial charge in [0.15, 0.2) is 0 Å². The van der Waals surface area contributed by atoms with Crippen molar-refractivity contribution in [1.29, 1.82) is 5.26 Å². The number of fused-ring (bicyclic) bond motifs is 4. The molecule has 0 radical (unpaired) electrons. The van der Waals surface area contributed by atoms with Crippen molar-refractivity contribution in [3.05, 3.63) is 70.2 Å². The van der Waals surface area contributed by atoms with Crippen molar-refractivity contribution in [3.8, 4) is 12.1 Å². The molecule has 3 aromatic rings. The topological polar surface area (TPSA) is 113 Å².